The highest BCUT2D eigenvalue weighted by Crippen LogP contribution is 2.67. The number of rotatable bonds is 3. The number of hydrogen-bond acceptors (Lipinski definition) is 4. The highest BCUT2D eigenvalue weighted by molar-refractivity contribution is 5.95. The Morgan fingerprint density at radius 1 is 1.03 bits per heavy atom. The van der Waals surface area contributed by atoms with Gasteiger partial charge in [0, 0.05) is 17.3 Å². The van der Waals surface area contributed by atoms with Crippen LogP contribution >= 0.6 is 0 Å². The fraction of sp³-hybridized carbons (Fsp3) is 0.852. The monoisotopic (exact) mass is 427 g/mol. The van der Waals surface area contributed by atoms with Crippen molar-refractivity contribution in [2.75, 3.05) is 19.6 Å². The minimum absolute atomic E-state index is 0.0108. The predicted octanol–water partition coefficient (Wildman–Crippen LogP) is 4.55. The standard InChI is InChI=1S/C27H41NO3/c1-18-9-14-28(15-10-18)17-24(30)21-8-13-27(31)22-16-23(29)20-6-4-5-11-25(20,2)19(22)7-12-26(21,27)3/h16,18-21,31H,4-15,17H2,1-3H3/t19?,20?,21-,25?,26?,27-/m1/s1. The van der Waals surface area contributed by atoms with E-state index in [1.54, 1.807) is 0 Å². The summed E-state index contributed by atoms with van der Waals surface area (Å²) in [5.74, 6) is 1.65. The lowest BCUT2D eigenvalue weighted by Gasteiger charge is -2.59. The summed E-state index contributed by atoms with van der Waals surface area (Å²) in [5.41, 5.74) is -0.446. The van der Waals surface area contributed by atoms with E-state index in [1.807, 2.05) is 6.08 Å². The first-order valence-corrected chi connectivity index (χ1v) is 12.9. The van der Waals surface area contributed by atoms with Gasteiger partial charge in [-0.25, -0.2) is 0 Å². The van der Waals surface area contributed by atoms with Gasteiger partial charge >= 0.3 is 0 Å². The molecular formula is C27H41NO3. The molecular weight excluding hydrogens is 386 g/mol. The largest absolute Gasteiger partial charge is 0.385 e. The maximum atomic E-state index is 13.5. The topological polar surface area (TPSA) is 57.6 Å². The molecule has 0 amide bonds. The van der Waals surface area contributed by atoms with Crippen molar-refractivity contribution >= 4 is 11.6 Å². The quantitative estimate of drug-likeness (QED) is 0.718. The molecule has 0 aromatic heterocycles. The highest BCUT2D eigenvalue weighted by Gasteiger charge is 2.66. The number of fused-ring (bicyclic) bond motifs is 5. The van der Waals surface area contributed by atoms with Crippen molar-refractivity contribution < 1.29 is 14.7 Å². The molecule has 0 aromatic carbocycles. The predicted molar refractivity (Wildman–Crippen MR) is 122 cm³/mol. The van der Waals surface area contributed by atoms with Crippen molar-refractivity contribution in [3.63, 3.8) is 0 Å². The van der Waals surface area contributed by atoms with Gasteiger partial charge in [-0.2, -0.15) is 0 Å². The molecule has 5 rings (SSSR count). The molecule has 0 bridgehead atoms. The van der Waals surface area contributed by atoms with Gasteiger partial charge in [-0.05, 0) is 93.4 Å². The third-order valence-electron chi connectivity index (χ3n) is 10.6. The summed E-state index contributed by atoms with van der Waals surface area (Å²) in [6.45, 7) is 9.33. The van der Waals surface area contributed by atoms with Gasteiger partial charge in [0.1, 0.15) is 0 Å². The van der Waals surface area contributed by atoms with E-state index in [2.05, 4.69) is 25.7 Å². The van der Waals surface area contributed by atoms with Crippen molar-refractivity contribution in [1.29, 1.82) is 0 Å². The molecule has 0 spiro atoms. The second-order valence-electron chi connectivity index (χ2n) is 12.2. The van der Waals surface area contributed by atoms with Gasteiger partial charge in [0.15, 0.2) is 11.6 Å². The van der Waals surface area contributed by atoms with E-state index in [0.717, 1.165) is 63.1 Å². The van der Waals surface area contributed by atoms with Crippen LogP contribution in [0.2, 0.25) is 0 Å². The lowest BCUT2D eigenvalue weighted by molar-refractivity contribution is -0.142. The molecule has 172 valence electrons. The molecule has 3 saturated carbocycles. The fourth-order valence-electron chi connectivity index (χ4n) is 8.46. The van der Waals surface area contributed by atoms with Gasteiger partial charge in [0.25, 0.3) is 0 Å². The van der Waals surface area contributed by atoms with Gasteiger partial charge in [-0.15, -0.1) is 0 Å². The average molecular weight is 428 g/mol. The summed E-state index contributed by atoms with van der Waals surface area (Å²) in [7, 11) is 0. The van der Waals surface area contributed by atoms with Crippen molar-refractivity contribution in [2.45, 2.75) is 90.6 Å². The normalized spacial score (nSPS) is 46.1. The number of carbonyl (C=O) groups excluding carboxylic acids is 2. The van der Waals surface area contributed by atoms with E-state index in [4.69, 9.17) is 0 Å². The molecule has 6 atom stereocenters. The number of piperidine rings is 1. The van der Waals surface area contributed by atoms with Crippen molar-refractivity contribution in [3.8, 4) is 0 Å². The molecule has 5 aliphatic rings. The number of Topliss-reactive ketones (excluding diaryl/α,β-unsaturated/α-hetero) is 1. The van der Waals surface area contributed by atoms with Crippen LogP contribution in [0.4, 0.5) is 0 Å². The number of likely N-dealkylation sites (tertiary alicyclic amines) is 1. The van der Waals surface area contributed by atoms with Crippen LogP contribution in [0, 0.1) is 34.5 Å². The fourth-order valence-corrected chi connectivity index (χ4v) is 8.46. The van der Waals surface area contributed by atoms with Crippen LogP contribution < -0.4 is 0 Å². The lowest BCUT2D eigenvalue weighted by Crippen LogP contribution is -2.59. The maximum absolute atomic E-state index is 13.5. The Balaban J connectivity index is 1.41. The molecule has 4 nitrogen and oxygen atoms in total. The summed E-state index contributed by atoms with van der Waals surface area (Å²) in [6.07, 6.45) is 11.9. The molecule has 1 heterocycles. The van der Waals surface area contributed by atoms with E-state index in [0.29, 0.717) is 24.7 Å². The Labute approximate surface area is 187 Å². The van der Waals surface area contributed by atoms with E-state index >= 15 is 0 Å². The Kier molecular flexibility index (Phi) is 5.29. The maximum Gasteiger partial charge on any atom is 0.159 e. The van der Waals surface area contributed by atoms with Crippen LogP contribution in [-0.4, -0.2) is 46.8 Å². The van der Waals surface area contributed by atoms with Gasteiger partial charge in [-0.3, -0.25) is 14.5 Å². The third kappa shape index (κ3) is 3.14. The van der Waals surface area contributed by atoms with Crippen LogP contribution in [0.15, 0.2) is 11.6 Å². The second-order valence-corrected chi connectivity index (χ2v) is 12.2. The minimum atomic E-state index is -0.992. The number of hydrogen-bond donors (Lipinski definition) is 1. The van der Waals surface area contributed by atoms with Crippen LogP contribution in [0.25, 0.3) is 0 Å². The molecule has 4 fully saturated rings. The van der Waals surface area contributed by atoms with E-state index in [1.165, 1.54) is 19.3 Å². The van der Waals surface area contributed by atoms with Gasteiger partial charge in [0.2, 0.25) is 0 Å². The summed E-state index contributed by atoms with van der Waals surface area (Å²) in [5, 5.41) is 12.2. The number of aliphatic hydroxyl groups is 1. The number of ketones is 2. The molecule has 4 aliphatic carbocycles. The average Bonchev–Trinajstić information content (AvgIpc) is 3.02. The minimum Gasteiger partial charge on any atom is -0.385 e. The van der Waals surface area contributed by atoms with E-state index in [9.17, 15) is 14.7 Å². The number of carbonyl (C=O) groups is 2. The van der Waals surface area contributed by atoms with Crippen LogP contribution in [0.5, 0.6) is 0 Å². The van der Waals surface area contributed by atoms with Crippen molar-refractivity contribution in [3.05, 3.63) is 11.6 Å². The molecule has 0 aromatic rings. The highest BCUT2D eigenvalue weighted by atomic mass is 16.3. The summed E-state index contributed by atoms with van der Waals surface area (Å²) < 4.78 is 0. The van der Waals surface area contributed by atoms with Gasteiger partial charge in [-0.1, -0.05) is 33.6 Å². The molecule has 1 aliphatic heterocycles. The van der Waals surface area contributed by atoms with Crippen LogP contribution in [0.3, 0.4) is 0 Å². The summed E-state index contributed by atoms with van der Waals surface area (Å²) >= 11 is 0. The first-order chi connectivity index (χ1) is 14.7. The van der Waals surface area contributed by atoms with E-state index in [-0.39, 0.29) is 23.0 Å². The lowest BCUT2D eigenvalue weighted by atomic mass is 9.46. The molecule has 4 unspecified atom stereocenters. The SMILES string of the molecule is CC1CCN(CC(=O)[C@H]2CC[C@@]3(O)C4=CC(=O)C5CCCCC5(C)C4CCC23C)CC1. The Morgan fingerprint density at radius 3 is 2.52 bits per heavy atom. The van der Waals surface area contributed by atoms with Crippen LogP contribution in [-0.2, 0) is 9.59 Å². The molecule has 1 saturated heterocycles. The van der Waals surface area contributed by atoms with Crippen molar-refractivity contribution in [1.82, 2.24) is 4.90 Å². The first kappa shape index (κ1) is 21.8. The number of allylic oxidation sites excluding steroid dienone is 1. The Morgan fingerprint density at radius 2 is 1.77 bits per heavy atom. The summed E-state index contributed by atoms with van der Waals surface area (Å²) in [4.78, 5) is 29.0. The second kappa shape index (κ2) is 7.52. The van der Waals surface area contributed by atoms with Crippen LogP contribution in [0.1, 0.15) is 85.0 Å². The molecule has 0 radical (unpaired) electrons. The van der Waals surface area contributed by atoms with Gasteiger partial charge in [0.05, 0.1) is 12.1 Å². The third-order valence-corrected chi connectivity index (χ3v) is 10.6. The van der Waals surface area contributed by atoms with E-state index < -0.39 is 11.0 Å². The smallest absolute Gasteiger partial charge is 0.159 e. The molecule has 31 heavy (non-hydrogen) atoms. The zero-order valence-electron chi connectivity index (χ0n) is 19.8. The zero-order chi connectivity index (χ0) is 22.0. The van der Waals surface area contributed by atoms with Crippen molar-refractivity contribution in [2.24, 2.45) is 34.5 Å². The summed E-state index contributed by atoms with van der Waals surface area (Å²) in [6, 6.07) is 0. The Bertz CT molecular complexity index is 796. The number of nitrogens with zero attached hydrogens (tertiary/aromatic N) is 1. The molecule has 4 heteroatoms. The first-order valence-electron chi connectivity index (χ1n) is 12.9. The molecule has 1 N–H and O–H groups in total. The Hall–Kier alpha value is -1.00. The van der Waals surface area contributed by atoms with Gasteiger partial charge < -0.3 is 5.11 Å². The zero-order valence-corrected chi connectivity index (χ0v) is 19.8.